The molecule has 9 heteroatoms. The minimum Gasteiger partial charge on any atom is -0.497 e. The van der Waals surface area contributed by atoms with Crippen LogP contribution in [0.25, 0.3) is 11.3 Å². The number of hydrogen-bond donors (Lipinski definition) is 2. The predicted octanol–water partition coefficient (Wildman–Crippen LogP) is 3.97. The highest BCUT2D eigenvalue weighted by Gasteiger charge is 2.21. The van der Waals surface area contributed by atoms with Crippen LogP contribution in [0, 0.1) is 0 Å². The fraction of sp³-hybridized carbons (Fsp3) is 0.261. The quantitative estimate of drug-likeness (QED) is 0.372. The maximum Gasteiger partial charge on any atom is 0.252 e. The van der Waals surface area contributed by atoms with Gasteiger partial charge in [0.05, 0.1) is 38.0 Å². The van der Waals surface area contributed by atoms with Crippen molar-refractivity contribution in [3.05, 3.63) is 58.9 Å². The summed E-state index contributed by atoms with van der Waals surface area (Å²) in [6.45, 7) is 1.90. The Morgan fingerprint density at radius 2 is 1.72 bits per heavy atom. The van der Waals surface area contributed by atoms with Crippen molar-refractivity contribution in [3.8, 4) is 28.5 Å². The molecule has 0 aliphatic rings. The monoisotopic (exact) mass is 455 g/mol. The van der Waals surface area contributed by atoms with Gasteiger partial charge in [-0.15, -0.1) is 0 Å². The van der Waals surface area contributed by atoms with E-state index < -0.39 is 5.25 Å². The van der Waals surface area contributed by atoms with Crippen molar-refractivity contribution in [1.82, 2.24) is 9.97 Å². The van der Waals surface area contributed by atoms with Crippen molar-refractivity contribution in [1.29, 1.82) is 0 Å². The standard InChI is InChI=1S/C23H25N3O5S/c1-5-20(22(28)24-17-11-10-16(30-3)12-19(17)31-4)32-23-25-18(13-21(27)26-23)14-6-8-15(29-2)9-7-14/h6-13,20H,5H2,1-4H3,(H,24,28)(H,25,26,27). The van der Waals surface area contributed by atoms with Crippen molar-refractivity contribution in [2.45, 2.75) is 23.8 Å². The zero-order chi connectivity index (χ0) is 23.1. The molecule has 0 saturated carbocycles. The van der Waals surface area contributed by atoms with Crippen LogP contribution in [0.4, 0.5) is 5.69 Å². The SMILES string of the molecule is CCC(Sc1nc(-c2ccc(OC)cc2)cc(=O)[nH]1)C(=O)Nc1ccc(OC)cc1OC. The molecule has 1 heterocycles. The summed E-state index contributed by atoms with van der Waals surface area (Å²) in [5.74, 6) is 1.60. The van der Waals surface area contributed by atoms with Crippen LogP contribution in [0.2, 0.25) is 0 Å². The number of anilines is 1. The number of carbonyl (C=O) groups excluding carboxylic acids is 1. The van der Waals surface area contributed by atoms with Crippen LogP contribution in [0.15, 0.2) is 58.5 Å². The lowest BCUT2D eigenvalue weighted by Crippen LogP contribution is -2.25. The van der Waals surface area contributed by atoms with Gasteiger partial charge in [-0.05, 0) is 42.8 Å². The summed E-state index contributed by atoms with van der Waals surface area (Å²) in [6.07, 6.45) is 0.533. The molecule has 0 saturated heterocycles. The lowest BCUT2D eigenvalue weighted by Gasteiger charge is -2.16. The average molecular weight is 456 g/mol. The molecule has 0 aliphatic heterocycles. The Hall–Kier alpha value is -3.46. The van der Waals surface area contributed by atoms with E-state index in [0.717, 1.165) is 5.56 Å². The molecular formula is C23H25N3O5S. The number of nitrogens with zero attached hydrogens (tertiary/aromatic N) is 1. The molecule has 8 nitrogen and oxygen atoms in total. The second-order valence-electron chi connectivity index (χ2n) is 6.73. The smallest absolute Gasteiger partial charge is 0.252 e. The van der Waals surface area contributed by atoms with Crippen LogP contribution in [-0.2, 0) is 4.79 Å². The predicted molar refractivity (Wildman–Crippen MR) is 125 cm³/mol. The Balaban J connectivity index is 1.79. The van der Waals surface area contributed by atoms with Gasteiger partial charge in [0, 0.05) is 17.7 Å². The fourth-order valence-electron chi connectivity index (χ4n) is 2.97. The van der Waals surface area contributed by atoms with Crippen molar-refractivity contribution in [2.24, 2.45) is 0 Å². The number of carbonyl (C=O) groups is 1. The molecule has 1 amide bonds. The Morgan fingerprint density at radius 1 is 1.03 bits per heavy atom. The van der Waals surface area contributed by atoms with Gasteiger partial charge in [0.25, 0.3) is 5.56 Å². The molecule has 3 aromatic rings. The maximum absolute atomic E-state index is 12.9. The lowest BCUT2D eigenvalue weighted by atomic mass is 10.1. The third-order valence-corrected chi connectivity index (χ3v) is 5.94. The maximum atomic E-state index is 12.9. The summed E-state index contributed by atoms with van der Waals surface area (Å²) in [6, 6.07) is 13.8. The molecule has 0 bridgehead atoms. The van der Waals surface area contributed by atoms with E-state index in [1.54, 1.807) is 44.6 Å². The van der Waals surface area contributed by atoms with Crippen molar-refractivity contribution in [2.75, 3.05) is 26.6 Å². The Bertz CT molecular complexity index is 1130. The molecule has 2 aromatic carbocycles. The summed E-state index contributed by atoms with van der Waals surface area (Å²) in [5.41, 5.74) is 1.54. The van der Waals surface area contributed by atoms with E-state index in [2.05, 4.69) is 15.3 Å². The van der Waals surface area contributed by atoms with Crippen LogP contribution in [0.5, 0.6) is 17.2 Å². The van der Waals surface area contributed by atoms with E-state index in [9.17, 15) is 9.59 Å². The molecule has 2 N–H and O–H groups in total. The highest BCUT2D eigenvalue weighted by atomic mass is 32.2. The van der Waals surface area contributed by atoms with Crippen LogP contribution < -0.4 is 25.1 Å². The third-order valence-electron chi connectivity index (χ3n) is 4.69. The summed E-state index contributed by atoms with van der Waals surface area (Å²) < 4.78 is 15.7. The number of amides is 1. The fourth-order valence-corrected chi connectivity index (χ4v) is 3.89. The van der Waals surface area contributed by atoms with Gasteiger partial charge in [-0.2, -0.15) is 0 Å². The third kappa shape index (κ3) is 5.61. The molecule has 0 spiro atoms. The van der Waals surface area contributed by atoms with Crippen LogP contribution in [-0.4, -0.2) is 42.5 Å². The highest BCUT2D eigenvalue weighted by Crippen LogP contribution is 2.31. The number of H-pyrrole nitrogens is 1. The molecule has 0 aliphatic carbocycles. The van der Waals surface area contributed by atoms with Crippen LogP contribution in [0.3, 0.4) is 0 Å². The number of nitrogens with one attached hydrogen (secondary N) is 2. The van der Waals surface area contributed by atoms with E-state index >= 15 is 0 Å². The van der Waals surface area contributed by atoms with Gasteiger partial charge >= 0.3 is 0 Å². The first-order valence-corrected chi connectivity index (χ1v) is 10.8. The van der Waals surface area contributed by atoms with E-state index in [4.69, 9.17) is 14.2 Å². The lowest BCUT2D eigenvalue weighted by molar-refractivity contribution is -0.115. The summed E-state index contributed by atoms with van der Waals surface area (Å²) in [7, 11) is 4.67. The number of aromatic nitrogens is 2. The number of rotatable bonds is 9. The van der Waals surface area contributed by atoms with Gasteiger partial charge in [-0.1, -0.05) is 18.7 Å². The number of aromatic amines is 1. The number of thioether (sulfide) groups is 1. The Morgan fingerprint density at radius 3 is 2.34 bits per heavy atom. The second-order valence-corrected chi connectivity index (χ2v) is 7.93. The summed E-state index contributed by atoms with van der Waals surface area (Å²) in [5, 5.41) is 2.78. The van der Waals surface area contributed by atoms with E-state index in [0.29, 0.717) is 40.2 Å². The van der Waals surface area contributed by atoms with Gasteiger partial charge in [0.2, 0.25) is 5.91 Å². The zero-order valence-electron chi connectivity index (χ0n) is 18.3. The molecular weight excluding hydrogens is 430 g/mol. The largest absolute Gasteiger partial charge is 0.497 e. The molecule has 1 atom stereocenters. The topological polar surface area (TPSA) is 103 Å². The van der Waals surface area contributed by atoms with Gasteiger partial charge in [0.15, 0.2) is 5.16 Å². The minimum atomic E-state index is -0.476. The van der Waals surface area contributed by atoms with Gasteiger partial charge < -0.3 is 24.5 Å². The number of methoxy groups -OCH3 is 3. The molecule has 0 radical (unpaired) electrons. The van der Waals surface area contributed by atoms with Gasteiger partial charge in [0.1, 0.15) is 17.2 Å². The number of benzene rings is 2. The number of ether oxygens (including phenoxy) is 3. The normalized spacial score (nSPS) is 11.5. The first-order valence-electron chi connectivity index (χ1n) is 9.92. The van der Waals surface area contributed by atoms with Crippen LogP contribution >= 0.6 is 11.8 Å². The number of hydrogen-bond acceptors (Lipinski definition) is 7. The molecule has 1 aromatic heterocycles. The van der Waals surface area contributed by atoms with Gasteiger partial charge in [-0.25, -0.2) is 4.98 Å². The van der Waals surface area contributed by atoms with Crippen molar-refractivity contribution >= 4 is 23.4 Å². The Kier molecular flexibility index (Phi) is 7.77. The van der Waals surface area contributed by atoms with Crippen molar-refractivity contribution < 1.29 is 19.0 Å². The molecule has 1 unspecified atom stereocenters. The van der Waals surface area contributed by atoms with E-state index in [-0.39, 0.29) is 11.5 Å². The first kappa shape index (κ1) is 23.2. The van der Waals surface area contributed by atoms with E-state index in [1.165, 1.54) is 24.9 Å². The van der Waals surface area contributed by atoms with Crippen LogP contribution in [0.1, 0.15) is 13.3 Å². The summed E-state index contributed by atoms with van der Waals surface area (Å²) >= 11 is 1.20. The second kappa shape index (κ2) is 10.7. The average Bonchev–Trinajstić information content (AvgIpc) is 2.82. The zero-order valence-corrected chi connectivity index (χ0v) is 19.1. The minimum absolute atomic E-state index is 0.224. The molecule has 32 heavy (non-hydrogen) atoms. The van der Waals surface area contributed by atoms with Crippen molar-refractivity contribution in [3.63, 3.8) is 0 Å². The Labute approximate surface area is 190 Å². The molecule has 0 fully saturated rings. The summed E-state index contributed by atoms with van der Waals surface area (Å²) in [4.78, 5) is 32.4. The molecule has 3 rings (SSSR count). The highest BCUT2D eigenvalue weighted by molar-refractivity contribution is 8.00. The van der Waals surface area contributed by atoms with E-state index in [1.807, 2.05) is 19.1 Å². The first-order chi connectivity index (χ1) is 15.5. The van der Waals surface area contributed by atoms with Gasteiger partial charge in [-0.3, -0.25) is 9.59 Å². The molecule has 168 valence electrons.